The molecule has 9 heteroatoms. The van der Waals surface area contributed by atoms with Crippen LogP contribution in [0.3, 0.4) is 0 Å². The van der Waals surface area contributed by atoms with Gasteiger partial charge in [-0.1, -0.05) is 168 Å². The van der Waals surface area contributed by atoms with Crippen molar-refractivity contribution < 1.29 is 32.7 Å². The maximum Gasteiger partial charge on any atom is 0.482 e. The predicted octanol–water partition coefficient (Wildman–Crippen LogP) is 10.2. The first-order valence-electron chi connectivity index (χ1n) is 18.3. The van der Waals surface area contributed by atoms with Crippen LogP contribution in [0.5, 0.6) is 0 Å². The standard InChI is InChI=1S/C35H67O7PS/c1-3-5-7-9-11-13-15-17-19-21-23-25-27-29-34(36)40-31-33(32-41-43(38)44-39)42-35(37)30-28-26-24-22-20-18-16-14-12-10-8-6-4-2/h33H,3-32H2,1-2H3/p+1/t33-/m1/s1. The van der Waals surface area contributed by atoms with Crippen LogP contribution in [0.25, 0.3) is 0 Å². The van der Waals surface area contributed by atoms with E-state index in [9.17, 15) is 18.7 Å². The molecule has 0 radical (unpaired) electrons. The minimum atomic E-state index is -2.42. The van der Waals surface area contributed by atoms with Gasteiger partial charge in [-0.05, 0) is 12.8 Å². The van der Waals surface area contributed by atoms with E-state index >= 15 is 0 Å². The summed E-state index contributed by atoms with van der Waals surface area (Å²) in [5.41, 5.74) is 0. The summed E-state index contributed by atoms with van der Waals surface area (Å²) >= 11 is 0. The monoisotopic (exact) mass is 663 g/mol. The second-order valence-corrected chi connectivity index (χ2v) is 14.6. The van der Waals surface area contributed by atoms with Gasteiger partial charge in [-0.3, -0.25) is 4.79 Å². The van der Waals surface area contributed by atoms with Gasteiger partial charge in [-0.25, -0.2) is 0 Å². The van der Waals surface area contributed by atoms with E-state index in [1.807, 2.05) is 0 Å². The summed E-state index contributed by atoms with van der Waals surface area (Å²) in [4.78, 5) is 34.0. The second-order valence-electron chi connectivity index (χ2n) is 12.4. The van der Waals surface area contributed by atoms with Crippen molar-refractivity contribution in [2.75, 3.05) is 13.2 Å². The first-order chi connectivity index (χ1) is 21.5. The number of ether oxygens (including phenoxy) is 2. The highest BCUT2D eigenvalue weighted by Gasteiger charge is 2.24. The van der Waals surface area contributed by atoms with Crippen LogP contribution in [-0.2, 0) is 29.6 Å². The van der Waals surface area contributed by atoms with Crippen molar-refractivity contribution in [1.82, 2.24) is 0 Å². The molecule has 0 heterocycles. The van der Waals surface area contributed by atoms with Gasteiger partial charge >= 0.3 is 29.9 Å². The average molecular weight is 664 g/mol. The second kappa shape index (κ2) is 35.0. The smallest absolute Gasteiger partial charge is 0.482 e. The fourth-order valence-electron chi connectivity index (χ4n) is 5.37. The van der Waals surface area contributed by atoms with Crippen molar-refractivity contribution in [3.8, 4) is 0 Å². The van der Waals surface area contributed by atoms with Gasteiger partial charge < -0.3 is 19.2 Å². The molecule has 0 saturated carbocycles. The van der Waals surface area contributed by atoms with Gasteiger partial charge in [0.2, 0.25) is 6.61 Å². The summed E-state index contributed by atoms with van der Waals surface area (Å²) in [5.74, 6) is -0.459. The largest absolute Gasteiger partial charge is 0.590 e. The molecule has 2 atom stereocenters. The van der Waals surface area contributed by atoms with E-state index in [1.165, 1.54) is 128 Å². The van der Waals surface area contributed by atoms with E-state index in [4.69, 9.17) is 14.0 Å². The van der Waals surface area contributed by atoms with E-state index in [-0.39, 0.29) is 36.0 Å². The Morgan fingerprint density at radius 2 is 0.977 bits per heavy atom. The molecule has 0 aliphatic rings. The lowest BCUT2D eigenvalue weighted by atomic mass is 10.0. The van der Waals surface area contributed by atoms with Gasteiger partial charge in [-0.15, -0.1) is 0 Å². The number of hydrogen-bond donors (Lipinski definition) is 0. The van der Waals surface area contributed by atoms with Crippen LogP contribution >= 0.6 is 7.15 Å². The molecular weight excluding hydrogens is 595 g/mol. The number of esters is 2. The molecular formula is C35H68O7PS+. The summed E-state index contributed by atoms with van der Waals surface area (Å²) in [6, 6.07) is 0. The first-order valence-corrected chi connectivity index (χ1v) is 20.8. The van der Waals surface area contributed by atoms with E-state index < -0.39 is 13.3 Å². The minimum Gasteiger partial charge on any atom is -0.590 e. The summed E-state index contributed by atoms with van der Waals surface area (Å²) in [7, 11) is -2.55. The molecule has 44 heavy (non-hydrogen) atoms. The molecule has 0 bridgehead atoms. The minimum absolute atomic E-state index is 0.0896. The van der Waals surface area contributed by atoms with Gasteiger partial charge in [0.05, 0.1) is 0 Å². The van der Waals surface area contributed by atoms with E-state index in [1.54, 1.807) is 0 Å². The van der Waals surface area contributed by atoms with Crippen LogP contribution < -0.4 is 4.89 Å². The van der Waals surface area contributed by atoms with Gasteiger partial charge in [0.25, 0.3) is 0 Å². The van der Waals surface area contributed by atoms with Crippen LogP contribution in [0.4, 0.5) is 0 Å². The third-order valence-corrected chi connectivity index (χ3v) is 9.30. The van der Waals surface area contributed by atoms with Gasteiger partial charge in [-0.2, -0.15) is 8.73 Å². The van der Waals surface area contributed by atoms with Crippen molar-refractivity contribution in [2.45, 2.75) is 200 Å². The normalized spacial score (nSPS) is 12.2. The van der Waals surface area contributed by atoms with E-state index in [0.717, 1.165) is 38.5 Å². The van der Waals surface area contributed by atoms with Crippen molar-refractivity contribution in [3.63, 3.8) is 0 Å². The van der Waals surface area contributed by atoms with Crippen molar-refractivity contribution in [1.29, 1.82) is 0 Å². The van der Waals surface area contributed by atoms with Crippen molar-refractivity contribution >= 4 is 29.9 Å². The SMILES string of the molecule is CCCCCCCCCCCCCCCC(=O)O[C@H](COC(=[OH+])CCCCCCCCCCCCCCC)CO[P+]([O-])=S=O. The Hall–Kier alpha value is -0.820. The van der Waals surface area contributed by atoms with Crippen LogP contribution in [-0.4, -0.2) is 40.3 Å². The van der Waals surface area contributed by atoms with Gasteiger partial charge in [0.1, 0.15) is 13.0 Å². The Labute approximate surface area is 275 Å². The Morgan fingerprint density at radius 3 is 1.36 bits per heavy atom. The molecule has 260 valence electrons. The summed E-state index contributed by atoms with van der Waals surface area (Å²) in [6.45, 7) is 4.20. The average Bonchev–Trinajstić information content (AvgIpc) is 3.02. The molecule has 0 saturated heterocycles. The van der Waals surface area contributed by atoms with Crippen molar-refractivity contribution in [3.05, 3.63) is 0 Å². The highest BCUT2D eigenvalue weighted by Crippen LogP contribution is 2.16. The topological polar surface area (TPSA) is 106 Å². The number of hydrogen-bond acceptors (Lipinski definition) is 6. The Kier molecular flexibility index (Phi) is 34.4. The van der Waals surface area contributed by atoms with Crippen molar-refractivity contribution in [2.24, 2.45) is 0 Å². The molecule has 0 amide bonds. The number of carbonyl (C=O) groups excluding carboxylic acids is 2. The number of rotatable bonds is 34. The van der Waals surface area contributed by atoms with Gasteiger partial charge in [0, 0.05) is 6.42 Å². The summed E-state index contributed by atoms with van der Waals surface area (Å²) < 4.78 is 26.6. The maximum absolute atomic E-state index is 12.4. The molecule has 0 aromatic rings. The molecule has 0 spiro atoms. The molecule has 7 nitrogen and oxygen atoms in total. The van der Waals surface area contributed by atoms with Crippen LogP contribution in [0.15, 0.2) is 0 Å². The Morgan fingerprint density at radius 1 is 0.614 bits per heavy atom. The zero-order chi connectivity index (χ0) is 32.4. The lowest BCUT2D eigenvalue weighted by Crippen LogP contribution is -2.29. The molecule has 0 rings (SSSR count). The molecule has 0 fully saturated rings. The van der Waals surface area contributed by atoms with Gasteiger partial charge in [0.15, 0.2) is 6.10 Å². The van der Waals surface area contributed by atoms with E-state index in [0.29, 0.717) is 12.8 Å². The van der Waals surface area contributed by atoms with Crippen LogP contribution in [0.2, 0.25) is 0 Å². The lowest BCUT2D eigenvalue weighted by Gasteiger charge is -2.13. The molecule has 0 aromatic heterocycles. The number of unbranched alkanes of at least 4 members (excludes halogenated alkanes) is 24. The predicted molar refractivity (Wildman–Crippen MR) is 184 cm³/mol. The third kappa shape index (κ3) is 32.6. The quantitative estimate of drug-likeness (QED) is 0.0293. The summed E-state index contributed by atoms with van der Waals surface area (Å²) in [5, 5.41) is 0. The zero-order valence-electron chi connectivity index (χ0n) is 28.5. The van der Waals surface area contributed by atoms with Crippen LogP contribution in [0.1, 0.15) is 194 Å². The molecule has 0 aliphatic heterocycles. The highest BCUT2D eigenvalue weighted by molar-refractivity contribution is 8.03. The third-order valence-electron chi connectivity index (χ3n) is 8.14. The first kappa shape index (κ1) is 43.2. The molecule has 1 unspecified atom stereocenters. The lowest BCUT2D eigenvalue weighted by molar-refractivity contribution is -0.176. The van der Waals surface area contributed by atoms with E-state index in [2.05, 4.69) is 13.8 Å². The molecule has 0 aromatic carbocycles. The zero-order valence-corrected chi connectivity index (χ0v) is 30.3. The Balaban J connectivity index is 3.94. The number of carbonyl (C=O) groups is 1. The fraction of sp³-hybridized carbons (Fsp3) is 0.943. The molecule has 1 N–H and O–H groups in total. The Bertz CT molecular complexity index is 715. The molecule has 0 aliphatic carbocycles. The summed E-state index contributed by atoms with van der Waals surface area (Å²) in [6.07, 6.45) is 32.3. The maximum atomic E-state index is 12.4. The fourth-order valence-corrected chi connectivity index (χ4v) is 6.01. The highest BCUT2D eigenvalue weighted by atomic mass is 32.5. The van der Waals surface area contributed by atoms with Crippen LogP contribution in [0, 0.1) is 0 Å².